The minimum atomic E-state index is 0.383. The number of nitrogens with two attached hydrogens (primary N) is 1. The molecule has 3 nitrogen and oxygen atoms in total. The number of pyridine rings is 1. The number of benzene rings is 1. The van der Waals surface area contributed by atoms with Crippen LogP contribution in [0.25, 0.3) is 0 Å². The van der Waals surface area contributed by atoms with Gasteiger partial charge in [-0.15, -0.1) is 0 Å². The molecular formula is C17H23N3. The van der Waals surface area contributed by atoms with Gasteiger partial charge in [-0.05, 0) is 43.5 Å². The molecule has 1 atom stereocenters. The molecule has 0 saturated heterocycles. The van der Waals surface area contributed by atoms with E-state index in [-0.39, 0.29) is 0 Å². The van der Waals surface area contributed by atoms with Crippen LogP contribution < -0.4 is 11.1 Å². The van der Waals surface area contributed by atoms with Crippen LogP contribution in [0.4, 0.5) is 5.69 Å². The second-order valence-electron chi connectivity index (χ2n) is 5.23. The standard InChI is InChI=1S/C17H23N3/c1-3-20-16(10-14-6-4-5-13(2)9-14)11-15-12-19-8-7-17(15)18/h4-9,12,16,20H,3,10-11H2,1-2H3,(H2,18,19). The first-order chi connectivity index (χ1) is 9.69. The van der Waals surface area contributed by atoms with Crippen LogP contribution in [0.2, 0.25) is 0 Å². The molecular weight excluding hydrogens is 246 g/mol. The molecule has 0 fully saturated rings. The summed E-state index contributed by atoms with van der Waals surface area (Å²) >= 11 is 0. The van der Waals surface area contributed by atoms with Crippen molar-refractivity contribution in [2.45, 2.75) is 32.7 Å². The van der Waals surface area contributed by atoms with E-state index in [2.05, 4.69) is 48.4 Å². The van der Waals surface area contributed by atoms with Gasteiger partial charge in [-0.2, -0.15) is 0 Å². The largest absolute Gasteiger partial charge is 0.398 e. The Morgan fingerprint density at radius 1 is 1.25 bits per heavy atom. The van der Waals surface area contributed by atoms with E-state index < -0.39 is 0 Å². The topological polar surface area (TPSA) is 50.9 Å². The van der Waals surface area contributed by atoms with Gasteiger partial charge in [0.1, 0.15) is 0 Å². The highest BCUT2D eigenvalue weighted by atomic mass is 14.9. The summed E-state index contributed by atoms with van der Waals surface area (Å²) in [5.41, 5.74) is 10.6. The lowest BCUT2D eigenvalue weighted by Crippen LogP contribution is -2.33. The summed E-state index contributed by atoms with van der Waals surface area (Å²) in [6.07, 6.45) is 5.52. The van der Waals surface area contributed by atoms with E-state index >= 15 is 0 Å². The van der Waals surface area contributed by atoms with Crippen molar-refractivity contribution in [1.29, 1.82) is 0 Å². The quantitative estimate of drug-likeness (QED) is 0.848. The average molecular weight is 269 g/mol. The van der Waals surface area contributed by atoms with Gasteiger partial charge < -0.3 is 11.1 Å². The van der Waals surface area contributed by atoms with Crippen LogP contribution in [0.5, 0.6) is 0 Å². The molecule has 0 radical (unpaired) electrons. The molecule has 1 heterocycles. The summed E-state index contributed by atoms with van der Waals surface area (Å²) in [7, 11) is 0. The zero-order valence-corrected chi connectivity index (χ0v) is 12.3. The normalized spacial score (nSPS) is 12.3. The highest BCUT2D eigenvalue weighted by Crippen LogP contribution is 2.14. The van der Waals surface area contributed by atoms with Gasteiger partial charge in [-0.1, -0.05) is 36.8 Å². The molecule has 1 aromatic carbocycles. The molecule has 0 aliphatic rings. The minimum Gasteiger partial charge on any atom is -0.398 e. The summed E-state index contributed by atoms with van der Waals surface area (Å²) in [6.45, 7) is 5.22. The van der Waals surface area contributed by atoms with E-state index in [9.17, 15) is 0 Å². The van der Waals surface area contributed by atoms with Crippen molar-refractivity contribution in [3.8, 4) is 0 Å². The van der Waals surface area contributed by atoms with E-state index in [0.29, 0.717) is 6.04 Å². The van der Waals surface area contributed by atoms with Gasteiger partial charge in [0.15, 0.2) is 0 Å². The van der Waals surface area contributed by atoms with Crippen LogP contribution in [0.1, 0.15) is 23.6 Å². The Bertz CT molecular complexity index is 551. The molecule has 2 aromatic rings. The van der Waals surface area contributed by atoms with Crippen molar-refractivity contribution in [2.75, 3.05) is 12.3 Å². The van der Waals surface area contributed by atoms with Crippen molar-refractivity contribution in [3.05, 3.63) is 59.4 Å². The van der Waals surface area contributed by atoms with Crippen LogP contribution in [-0.4, -0.2) is 17.6 Å². The van der Waals surface area contributed by atoms with Gasteiger partial charge >= 0.3 is 0 Å². The van der Waals surface area contributed by atoms with Crippen LogP contribution >= 0.6 is 0 Å². The van der Waals surface area contributed by atoms with Crippen molar-refractivity contribution >= 4 is 5.69 Å². The number of rotatable bonds is 6. The van der Waals surface area contributed by atoms with Gasteiger partial charge in [-0.25, -0.2) is 0 Å². The Morgan fingerprint density at radius 2 is 2.10 bits per heavy atom. The number of aromatic nitrogens is 1. The van der Waals surface area contributed by atoms with E-state index in [1.807, 2.05) is 12.3 Å². The molecule has 3 heteroatoms. The Labute approximate surface area is 121 Å². The van der Waals surface area contributed by atoms with E-state index in [1.165, 1.54) is 11.1 Å². The lowest BCUT2D eigenvalue weighted by Gasteiger charge is -2.19. The number of nitrogens with zero attached hydrogens (tertiary/aromatic N) is 1. The summed E-state index contributed by atoms with van der Waals surface area (Å²) in [5, 5.41) is 3.54. The van der Waals surface area contributed by atoms with Crippen LogP contribution in [0.15, 0.2) is 42.7 Å². The maximum absolute atomic E-state index is 6.01. The lowest BCUT2D eigenvalue weighted by molar-refractivity contribution is 0.521. The first-order valence-corrected chi connectivity index (χ1v) is 7.16. The van der Waals surface area contributed by atoms with Crippen LogP contribution in [0, 0.1) is 6.92 Å². The number of anilines is 1. The Hall–Kier alpha value is -1.87. The predicted octanol–water partition coefficient (Wildman–Crippen LogP) is 2.74. The van der Waals surface area contributed by atoms with Crippen molar-refractivity contribution < 1.29 is 0 Å². The van der Waals surface area contributed by atoms with Crippen LogP contribution in [0.3, 0.4) is 0 Å². The Morgan fingerprint density at radius 3 is 2.80 bits per heavy atom. The molecule has 0 aliphatic carbocycles. The fourth-order valence-electron chi connectivity index (χ4n) is 2.50. The summed E-state index contributed by atoms with van der Waals surface area (Å²) < 4.78 is 0. The zero-order valence-electron chi connectivity index (χ0n) is 12.3. The minimum absolute atomic E-state index is 0.383. The van der Waals surface area contributed by atoms with E-state index in [4.69, 9.17) is 5.73 Å². The van der Waals surface area contributed by atoms with Crippen molar-refractivity contribution in [2.24, 2.45) is 0 Å². The van der Waals surface area contributed by atoms with Crippen LogP contribution in [-0.2, 0) is 12.8 Å². The molecule has 3 N–H and O–H groups in total. The molecule has 0 amide bonds. The Kier molecular flexibility index (Phi) is 5.13. The van der Waals surface area contributed by atoms with Crippen molar-refractivity contribution in [3.63, 3.8) is 0 Å². The molecule has 0 aliphatic heterocycles. The Balaban J connectivity index is 2.09. The smallest absolute Gasteiger partial charge is 0.0378 e. The SMILES string of the molecule is CCNC(Cc1cccc(C)c1)Cc1cnccc1N. The third-order valence-corrected chi connectivity index (χ3v) is 3.47. The van der Waals surface area contributed by atoms with Gasteiger partial charge in [0.05, 0.1) is 0 Å². The molecule has 2 rings (SSSR count). The molecule has 0 bridgehead atoms. The number of hydrogen-bond donors (Lipinski definition) is 2. The molecule has 1 unspecified atom stereocenters. The van der Waals surface area contributed by atoms with Gasteiger partial charge in [0.25, 0.3) is 0 Å². The molecule has 0 spiro atoms. The predicted molar refractivity (Wildman–Crippen MR) is 84.7 cm³/mol. The average Bonchev–Trinajstić information content (AvgIpc) is 2.42. The second kappa shape index (κ2) is 7.06. The fraction of sp³-hybridized carbons (Fsp3) is 0.353. The fourth-order valence-corrected chi connectivity index (χ4v) is 2.50. The third-order valence-electron chi connectivity index (χ3n) is 3.47. The zero-order chi connectivity index (χ0) is 14.4. The maximum Gasteiger partial charge on any atom is 0.0378 e. The summed E-state index contributed by atoms with van der Waals surface area (Å²) in [5.74, 6) is 0. The number of nitrogen functional groups attached to an aromatic ring is 1. The molecule has 0 saturated carbocycles. The molecule has 1 aromatic heterocycles. The highest BCUT2D eigenvalue weighted by Gasteiger charge is 2.11. The number of aryl methyl sites for hydroxylation is 1. The van der Waals surface area contributed by atoms with E-state index in [0.717, 1.165) is 30.6 Å². The lowest BCUT2D eigenvalue weighted by atomic mass is 9.98. The summed E-state index contributed by atoms with van der Waals surface area (Å²) in [4.78, 5) is 4.17. The molecule has 106 valence electrons. The van der Waals surface area contributed by atoms with Gasteiger partial charge in [0.2, 0.25) is 0 Å². The number of likely N-dealkylation sites (N-methyl/N-ethyl adjacent to an activating group) is 1. The first kappa shape index (κ1) is 14.5. The van der Waals surface area contributed by atoms with Gasteiger partial charge in [0, 0.05) is 24.1 Å². The first-order valence-electron chi connectivity index (χ1n) is 7.16. The third kappa shape index (κ3) is 4.07. The monoisotopic (exact) mass is 269 g/mol. The van der Waals surface area contributed by atoms with Crippen molar-refractivity contribution in [1.82, 2.24) is 10.3 Å². The highest BCUT2D eigenvalue weighted by molar-refractivity contribution is 5.44. The second-order valence-corrected chi connectivity index (χ2v) is 5.23. The maximum atomic E-state index is 6.01. The number of nitrogens with one attached hydrogen (secondary N) is 1. The van der Waals surface area contributed by atoms with E-state index in [1.54, 1.807) is 6.20 Å². The molecule has 20 heavy (non-hydrogen) atoms. The van der Waals surface area contributed by atoms with Gasteiger partial charge in [-0.3, -0.25) is 4.98 Å². The summed E-state index contributed by atoms with van der Waals surface area (Å²) in [6, 6.07) is 10.9. The number of hydrogen-bond acceptors (Lipinski definition) is 3.